The van der Waals surface area contributed by atoms with Gasteiger partial charge in [0.25, 0.3) is 5.56 Å². The minimum atomic E-state index is -0.0815. The highest BCUT2D eigenvalue weighted by atomic mass is 32.2. The molecule has 0 aliphatic heterocycles. The molecule has 6 aromatic rings. The fourth-order valence-electron chi connectivity index (χ4n) is 3.45. The third kappa shape index (κ3) is 2.84. The maximum atomic E-state index is 12.9. The first kappa shape index (κ1) is 17.5. The van der Waals surface area contributed by atoms with Crippen molar-refractivity contribution in [2.24, 2.45) is 0 Å². The van der Waals surface area contributed by atoms with Crippen molar-refractivity contribution in [3.05, 3.63) is 80.8 Å². The van der Waals surface area contributed by atoms with E-state index in [1.165, 1.54) is 28.7 Å². The van der Waals surface area contributed by atoms with Crippen molar-refractivity contribution in [2.75, 3.05) is 0 Å². The van der Waals surface area contributed by atoms with Crippen molar-refractivity contribution in [2.45, 2.75) is 17.2 Å². The number of aromatic nitrogens is 4. The largest absolute Gasteiger partial charge is 0.450 e. The predicted octanol–water partition coefficient (Wildman–Crippen LogP) is 4.39. The van der Waals surface area contributed by atoms with Crippen molar-refractivity contribution in [3.63, 3.8) is 0 Å². The predicted molar refractivity (Wildman–Crippen MR) is 119 cm³/mol. The molecule has 0 atom stereocenters. The van der Waals surface area contributed by atoms with E-state index in [0.29, 0.717) is 20.3 Å². The number of nitrogens with one attached hydrogen (secondary N) is 1. The number of aryl methyl sites for hydroxylation is 1. The van der Waals surface area contributed by atoms with Gasteiger partial charge in [0.2, 0.25) is 0 Å². The Bertz CT molecular complexity index is 1670. The van der Waals surface area contributed by atoms with Crippen molar-refractivity contribution >= 4 is 56.2 Å². The number of imidazole rings is 2. The van der Waals surface area contributed by atoms with Gasteiger partial charge in [-0.15, -0.1) is 0 Å². The van der Waals surface area contributed by atoms with Crippen molar-refractivity contribution in [1.82, 2.24) is 19.4 Å². The Morgan fingerprint density at radius 1 is 1.10 bits per heavy atom. The molecule has 0 aliphatic carbocycles. The average Bonchev–Trinajstić information content (AvgIpc) is 3.47. The molecule has 146 valence electrons. The fraction of sp³-hybridized carbons (Fsp3) is 0.0455. The molecule has 30 heavy (non-hydrogen) atoms. The first-order chi connectivity index (χ1) is 14.6. The van der Waals surface area contributed by atoms with Gasteiger partial charge in [-0.2, -0.15) is 0 Å². The number of hydrogen-bond donors (Lipinski definition) is 1. The number of fused-ring (bicyclic) bond motifs is 4. The summed E-state index contributed by atoms with van der Waals surface area (Å²) in [5.74, 6) is 0.621. The molecule has 4 aromatic heterocycles. The third-order valence-electron chi connectivity index (χ3n) is 4.83. The summed E-state index contributed by atoms with van der Waals surface area (Å²) in [6, 6.07) is 17.5. The maximum absolute atomic E-state index is 12.9. The molecule has 0 amide bonds. The number of aromatic amines is 1. The Kier molecular flexibility index (Phi) is 3.84. The van der Waals surface area contributed by atoms with Crippen molar-refractivity contribution in [1.29, 1.82) is 0 Å². The summed E-state index contributed by atoms with van der Waals surface area (Å²) >= 11 is 2.78. The number of furan rings is 1. The highest BCUT2D eigenvalue weighted by Gasteiger charge is 2.12. The van der Waals surface area contributed by atoms with Crippen LogP contribution >= 0.6 is 23.1 Å². The molecule has 0 spiro atoms. The number of nitrogens with zero attached hydrogens (tertiary/aromatic N) is 3. The monoisotopic (exact) mass is 430 g/mol. The van der Waals surface area contributed by atoms with Gasteiger partial charge in [0.05, 0.1) is 22.1 Å². The summed E-state index contributed by atoms with van der Waals surface area (Å²) in [6.07, 6.45) is 1.77. The second kappa shape index (κ2) is 6.58. The lowest BCUT2D eigenvalue weighted by molar-refractivity contribution is 0.466. The van der Waals surface area contributed by atoms with E-state index in [2.05, 4.69) is 27.9 Å². The minimum absolute atomic E-state index is 0.0815. The van der Waals surface area contributed by atoms with Crippen LogP contribution in [0.2, 0.25) is 0 Å². The maximum Gasteiger partial charge on any atom is 0.275 e. The summed E-state index contributed by atoms with van der Waals surface area (Å²) in [5.41, 5.74) is 4.67. The Hall–Kier alpha value is -3.36. The summed E-state index contributed by atoms with van der Waals surface area (Å²) in [4.78, 5) is 26.0. The van der Waals surface area contributed by atoms with Crippen LogP contribution in [0.25, 0.3) is 33.1 Å². The van der Waals surface area contributed by atoms with E-state index < -0.39 is 0 Å². The molecule has 0 unspecified atom stereocenters. The molecular formula is C22H14N4O2S2. The van der Waals surface area contributed by atoms with E-state index in [1.54, 1.807) is 10.5 Å². The van der Waals surface area contributed by atoms with E-state index >= 15 is 0 Å². The van der Waals surface area contributed by atoms with Crippen LogP contribution in [0.5, 0.6) is 0 Å². The number of H-pyrrole nitrogens is 1. The third-order valence-corrected chi connectivity index (χ3v) is 6.61. The number of para-hydroxylation sites is 2. The molecule has 6 nitrogen and oxygen atoms in total. The van der Waals surface area contributed by atoms with Crippen LogP contribution in [0.3, 0.4) is 0 Å². The molecule has 2 aromatic carbocycles. The van der Waals surface area contributed by atoms with Crippen LogP contribution in [0, 0.1) is 6.92 Å². The smallest absolute Gasteiger partial charge is 0.275 e. The van der Waals surface area contributed by atoms with Gasteiger partial charge in [0.1, 0.15) is 10.3 Å². The van der Waals surface area contributed by atoms with Crippen LogP contribution in [-0.2, 0) is 0 Å². The molecule has 8 heteroatoms. The number of thiazole rings is 1. The first-order valence-electron chi connectivity index (χ1n) is 9.30. The zero-order valence-corrected chi connectivity index (χ0v) is 17.4. The number of hydrogen-bond acceptors (Lipinski definition) is 6. The Balaban J connectivity index is 1.35. The molecule has 0 radical (unpaired) electrons. The van der Waals surface area contributed by atoms with Gasteiger partial charge in [-0.1, -0.05) is 29.5 Å². The van der Waals surface area contributed by atoms with Gasteiger partial charge < -0.3 is 9.40 Å². The van der Waals surface area contributed by atoms with Crippen molar-refractivity contribution in [3.8, 4) is 0 Å². The molecule has 0 saturated carbocycles. The van der Waals surface area contributed by atoms with Gasteiger partial charge in [0, 0.05) is 6.08 Å². The summed E-state index contributed by atoms with van der Waals surface area (Å²) < 4.78 is 8.16. The summed E-state index contributed by atoms with van der Waals surface area (Å²) in [5, 5.41) is 1.47. The fourth-order valence-corrected chi connectivity index (χ4v) is 5.19. The molecule has 6 rings (SSSR count). The summed E-state index contributed by atoms with van der Waals surface area (Å²) in [6.45, 7) is 2.05. The Morgan fingerprint density at radius 2 is 2.00 bits per heavy atom. The van der Waals surface area contributed by atoms with Gasteiger partial charge in [-0.25, -0.2) is 14.4 Å². The molecule has 4 heterocycles. The standard InChI is InChI=1S/C22H14N4O2S2/c1-12-6-8-14-16(10-12)24-21(23-14)30-19-9-7-13(28-19)11-18-20(27)26-17-5-3-2-4-15(17)25-22(26)29-18/h2-11H,1H3,(H,23,24)/b18-11-. The number of benzene rings is 2. The molecule has 0 bridgehead atoms. The second-order valence-corrected chi connectivity index (χ2v) is 8.96. The van der Waals surface area contributed by atoms with Gasteiger partial charge in [0.15, 0.2) is 15.2 Å². The van der Waals surface area contributed by atoms with E-state index in [-0.39, 0.29) is 5.56 Å². The molecule has 0 fully saturated rings. The van der Waals surface area contributed by atoms with E-state index in [0.717, 1.165) is 27.2 Å². The van der Waals surface area contributed by atoms with Crippen LogP contribution in [-0.4, -0.2) is 19.4 Å². The summed E-state index contributed by atoms with van der Waals surface area (Å²) in [7, 11) is 0. The lowest BCUT2D eigenvalue weighted by Crippen LogP contribution is -2.22. The van der Waals surface area contributed by atoms with Crippen LogP contribution in [0.1, 0.15) is 11.3 Å². The average molecular weight is 431 g/mol. The van der Waals surface area contributed by atoms with Crippen LogP contribution in [0.15, 0.2) is 74.1 Å². The van der Waals surface area contributed by atoms with Gasteiger partial charge in [-0.3, -0.25) is 4.79 Å². The van der Waals surface area contributed by atoms with Gasteiger partial charge in [-0.05, 0) is 60.6 Å². The van der Waals surface area contributed by atoms with E-state index in [9.17, 15) is 4.79 Å². The Morgan fingerprint density at radius 3 is 2.93 bits per heavy atom. The number of rotatable bonds is 3. The first-order valence-corrected chi connectivity index (χ1v) is 10.9. The zero-order valence-electron chi connectivity index (χ0n) is 15.7. The molecule has 0 saturated heterocycles. The Labute approximate surface area is 177 Å². The van der Waals surface area contributed by atoms with E-state index in [4.69, 9.17) is 4.42 Å². The highest BCUT2D eigenvalue weighted by molar-refractivity contribution is 7.99. The zero-order chi connectivity index (χ0) is 20.2. The van der Waals surface area contributed by atoms with Crippen LogP contribution in [0.4, 0.5) is 0 Å². The molecule has 0 aliphatic rings. The van der Waals surface area contributed by atoms with Crippen LogP contribution < -0.4 is 10.1 Å². The quantitative estimate of drug-likeness (QED) is 0.451. The highest BCUT2D eigenvalue weighted by Crippen LogP contribution is 2.29. The molecule has 1 N–H and O–H groups in total. The topological polar surface area (TPSA) is 76.2 Å². The second-order valence-electron chi connectivity index (χ2n) is 6.96. The lowest BCUT2D eigenvalue weighted by atomic mass is 10.2. The normalized spacial score (nSPS) is 12.6. The lowest BCUT2D eigenvalue weighted by Gasteiger charge is -1.91. The SMILES string of the molecule is Cc1ccc2nc(Sc3ccc(/C=c4\sc5nc6ccccc6n5c4=O)o3)[nH]c2c1. The van der Waals surface area contributed by atoms with E-state index in [1.807, 2.05) is 48.5 Å². The molecular weight excluding hydrogens is 416 g/mol. The minimum Gasteiger partial charge on any atom is -0.450 e. The van der Waals surface area contributed by atoms with Gasteiger partial charge >= 0.3 is 0 Å². The van der Waals surface area contributed by atoms with Crippen molar-refractivity contribution < 1.29 is 4.42 Å².